The van der Waals surface area contributed by atoms with E-state index < -0.39 is 0 Å². The van der Waals surface area contributed by atoms with E-state index in [4.69, 9.17) is 11.6 Å². The molecule has 5 aromatic rings. The molecule has 160 valence electrons. The third-order valence-corrected chi connectivity index (χ3v) is 5.17. The first-order chi connectivity index (χ1) is 15.6. The summed E-state index contributed by atoms with van der Waals surface area (Å²) in [6, 6.07) is 17.9. The smallest absolute Gasteiger partial charge is 0.194 e. The third kappa shape index (κ3) is 3.88. The van der Waals surface area contributed by atoms with Gasteiger partial charge in [0.1, 0.15) is 23.3 Å². The number of aromatic nitrogens is 5. The fraction of sp³-hybridized carbons (Fsp3) is 0.0455. The molecule has 10 heteroatoms. The second kappa shape index (κ2) is 8.12. The molecule has 0 bridgehead atoms. The zero-order valence-electron chi connectivity index (χ0n) is 16.6. The number of halogens is 1. The molecule has 0 atom stereocenters. The fourth-order valence-corrected chi connectivity index (χ4v) is 3.56. The van der Waals surface area contributed by atoms with E-state index >= 15 is 0 Å². The third-order valence-electron chi connectivity index (χ3n) is 4.94. The molecule has 3 aromatic heterocycles. The van der Waals surface area contributed by atoms with E-state index in [-0.39, 0.29) is 11.8 Å². The Kier molecular flexibility index (Phi) is 5.00. The van der Waals surface area contributed by atoms with Crippen LogP contribution in [0.15, 0.2) is 67.0 Å². The second-order valence-electron chi connectivity index (χ2n) is 7.11. The number of anilines is 4. The van der Waals surface area contributed by atoms with Crippen molar-refractivity contribution in [2.24, 2.45) is 0 Å². The predicted octanol–water partition coefficient (Wildman–Crippen LogP) is 4.75. The molecule has 0 spiro atoms. The van der Waals surface area contributed by atoms with Gasteiger partial charge in [0, 0.05) is 28.5 Å². The van der Waals surface area contributed by atoms with Crippen LogP contribution in [0.4, 0.5) is 23.0 Å². The molecule has 2 aromatic carbocycles. The lowest BCUT2D eigenvalue weighted by Crippen LogP contribution is -1.99. The van der Waals surface area contributed by atoms with Crippen LogP contribution < -0.4 is 10.6 Å². The lowest BCUT2D eigenvalue weighted by Gasteiger charge is -2.10. The van der Waals surface area contributed by atoms with Gasteiger partial charge in [-0.25, -0.2) is 9.97 Å². The van der Waals surface area contributed by atoms with Crippen molar-refractivity contribution in [1.82, 2.24) is 24.7 Å². The van der Waals surface area contributed by atoms with E-state index in [1.807, 2.05) is 42.5 Å². The van der Waals surface area contributed by atoms with Crippen LogP contribution in [0, 0.1) is 0 Å². The Bertz CT molecular complexity index is 1380. The van der Waals surface area contributed by atoms with E-state index in [9.17, 15) is 10.2 Å². The van der Waals surface area contributed by atoms with Crippen molar-refractivity contribution >= 4 is 45.6 Å². The molecule has 0 unspecified atom stereocenters. The molecular weight excluding hydrogens is 430 g/mol. The molecule has 3 heterocycles. The number of hydrogen-bond acceptors (Lipinski definition) is 7. The summed E-state index contributed by atoms with van der Waals surface area (Å²) in [4.78, 5) is 8.59. The topological polar surface area (TPSA) is 124 Å². The Hall–Kier alpha value is -4.24. The molecule has 0 aliphatic rings. The van der Waals surface area contributed by atoms with E-state index in [0.717, 1.165) is 16.9 Å². The molecule has 5 rings (SSSR count). The van der Waals surface area contributed by atoms with Crippen LogP contribution in [-0.2, 0) is 6.54 Å². The van der Waals surface area contributed by atoms with Gasteiger partial charge >= 0.3 is 0 Å². The summed E-state index contributed by atoms with van der Waals surface area (Å²) < 4.78 is 1.41. The lowest BCUT2D eigenvalue weighted by atomic mass is 10.2. The van der Waals surface area contributed by atoms with Crippen LogP contribution in [0.1, 0.15) is 5.56 Å². The number of benzene rings is 2. The number of aromatic hydroxyl groups is 2. The SMILES string of the molecule is Oc1ccc(O)n1Cc1ccc(Nc2[nH]nc3ncnc(Nc4cccc(Cl)c4)c23)cc1. The van der Waals surface area contributed by atoms with Crippen LogP contribution in [0.3, 0.4) is 0 Å². The standard InChI is InChI=1S/C22H18ClN7O2/c23-14-2-1-3-16(10-14)27-20-19-21(25-12-24-20)28-29-22(19)26-15-6-4-13(5-7-15)11-30-17(31)8-9-18(30)32/h1-10,12,31-32H,11H2,(H3,24,25,26,27,28,29). The summed E-state index contributed by atoms with van der Waals surface area (Å²) in [6.45, 7) is 0.347. The molecule has 0 fully saturated rings. The molecular formula is C22H18ClN7O2. The maximum atomic E-state index is 9.82. The monoisotopic (exact) mass is 447 g/mol. The molecule has 0 aliphatic carbocycles. The Morgan fingerprint density at radius 2 is 1.69 bits per heavy atom. The van der Waals surface area contributed by atoms with Crippen molar-refractivity contribution in [2.75, 3.05) is 10.6 Å². The average molecular weight is 448 g/mol. The number of aromatic amines is 1. The highest BCUT2D eigenvalue weighted by Gasteiger charge is 2.14. The molecule has 0 saturated carbocycles. The van der Waals surface area contributed by atoms with Crippen LogP contribution >= 0.6 is 11.6 Å². The van der Waals surface area contributed by atoms with Crippen molar-refractivity contribution in [3.05, 3.63) is 77.6 Å². The van der Waals surface area contributed by atoms with Gasteiger partial charge in [0.15, 0.2) is 17.4 Å². The second-order valence-corrected chi connectivity index (χ2v) is 7.55. The van der Waals surface area contributed by atoms with Crippen LogP contribution in [-0.4, -0.2) is 34.9 Å². The van der Waals surface area contributed by atoms with Gasteiger partial charge in [-0.1, -0.05) is 29.8 Å². The van der Waals surface area contributed by atoms with Gasteiger partial charge < -0.3 is 20.8 Å². The predicted molar refractivity (Wildman–Crippen MR) is 123 cm³/mol. The Morgan fingerprint density at radius 1 is 0.906 bits per heavy atom. The first kappa shape index (κ1) is 19.7. The molecule has 0 radical (unpaired) electrons. The number of H-pyrrole nitrogens is 1. The van der Waals surface area contributed by atoms with E-state index in [2.05, 4.69) is 30.8 Å². The number of nitrogens with one attached hydrogen (secondary N) is 3. The lowest BCUT2D eigenvalue weighted by molar-refractivity contribution is 0.377. The Labute approximate surface area is 187 Å². The molecule has 0 saturated heterocycles. The first-order valence-corrected chi connectivity index (χ1v) is 10.1. The van der Waals surface area contributed by atoms with Crippen molar-refractivity contribution in [3.63, 3.8) is 0 Å². The molecule has 0 amide bonds. The average Bonchev–Trinajstić information content (AvgIpc) is 3.34. The molecule has 5 N–H and O–H groups in total. The van der Waals surface area contributed by atoms with E-state index in [1.54, 1.807) is 6.07 Å². The minimum atomic E-state index is 0.00774. The maximum Gasteiger partial charge on any atom is 0.194 e. The molecule has 0 aliphatic heterocycles. The van der Waals surface area contributed by atoms with Gasteiger partial charge in [-0.05, 0) is 35.9 Å². The van der Waals surface area contributed by atoms with Crippen LogP contribution in [0.2, 0.25) is 5.02 Å². The highest BCUT2D eigenvalue weighted by molar-refractivity contribution is 6.30. The summed E-state index contributed by atoms with van der Waals surface area (Å²) in [7, 11) is 0. The Morgan fingerprint density at radius 3 is 2.44 bits per heavy atom. The quantitative estimate of drug-likeness (QED) is 0.254. The van der Waals surface area contributed by atoms with Crippen molar-refractivity contribution < 1.29 is 10.2 Å². The maximum absolute atomic E-state index is 9.82. The minimum Gasteiger partial charge on any atom is -0.494 e. The van der Waals surface area contributed by atoms with Gasteiger partial charge in [0.25, 0.3) is 0 Å². The zero-order chi connectivity index (χ0) is 22.1. The summed E-state index contributed by atoms with van der Waals surface area (Å²) >= 11 is 6.09. The van der Waals surface area contributed by atoms with Crippen LogP contribution in [0.5, 0.6) is 11.8 Å². The van der Waals surface area contributed by atoms with Gasteiger partial charge in [0.2, 0.25) is 0 Å². The zero-order valence-corrected chi connectivity index (χ0v) is 17.4. The van der Waals surface area contributed by atoms with Crippen molar-refractivity contribution in [3.8, 4) is 11.8 Å². The van der Waals surface area contributed by atoms with Gasteiger partial charge in [0.05, 0.1) is 6.54 Å². The van der Waals surface area contributed by atoms with Gasteiger partial charge in [-0.2, -0.15) is 5.10 Å². The van der Waals surface area contributed by atoms with Crippen molar-refractivity contribution in [2.45, 2.75) is 6.54 Å². The highest BCUT2D eigenvalue weighted by Crippen LogP contribution is 2.31. The Balaban J connectivity index is 1.39. The van der Waals surface area contributed by atoms with Gasteiger partial charge in [-0.15, -0.1) is 0 Å². The summed E-state index contributed by atoms with van der Waals surface area (Å²) in [5.41, 5.74) is 3.05. The highest BCUT2D eigenvalue weighted by atomic mass is 35.5. The number of nitrogens with zero attached hydrogens (tertiary/aromatic N) is 4. The van der Waals surface area contributed by atoms with Crippen LogP contribution in [0.25, 0.3) is 11.0 Å². The summed E-state index contributed by atoms with van der Waals surface area (Å²) in [6.07, 6.45) is 1.45. The van der Waals surface area contributed by atoms with Gasteiger partial charge in [-0.3, -0.25) is 9.67 Å². The molecule has 9 nitrogen and oxygen atoms in total. The first-order valence-electron chi connectivity index (χ1n) is 9.72. The fourth-order valence-electron chi connectivity index (χ4n) is 3.37. The number of rotatable bonds is 6. The summed E-state index contributed by atoms with van der Waals surface area (Å²) in [5, 5.41) is 34.8. The minimum absolute atomic E-state index is 0.00774. The van der Waals surface area contributed by atoms with E-state index in [0.29, 0.717) is 34.2 Å². The number of fused-ring (bicyclic) bond motifs is 1. The van der Waals surface area contributed by atoms with E-state index in [1.165, 1.54) is 23.0 Å². The van der Waals surface area contributed by atoms with Crippen molar-refractivity contribution in [1.29, 1.82) is 0 Å². The normalized spacial score (nSPS) is 11.0. The molecule has 32 heavy (non-hydrogen) atoms. The number of hydrogen-bond donors (Lipinski definition) is 5. The summed E-state index contributed by atoms with van der Waals surface area (Å²) in [5.74, 6) is 1.24. The largest absolute Gasteiger partial charge is 0.494 e.